The van der Waals surface area contributed by atoms with Gasteiger partial charge in [0, 0.05) is 7.11 Å². The zero-order valence-corrected chi connectivity index (χ0v) is 13.4. The van der Waals surface area contributed by atoms with E-state index in [2.05, 4.69) is 0 Å². The van der Waals surface area contributed by atoms with Crippen LogP contribution >= 0.6 is 0 Å². The molecule has 0 heterocycles. The fourth-order valence-electron chi connectivity index (χ4n) is 2.84. The molecule has 0 radical (unpaired) electrons. The Kier molecular flexibility index (Phi) is 4.71. The third-order valence-corrected chi connectivity index (χ3v) is 4.39. The summed E-state index contributed by atoms with van der Waals surface area (Å²) in [5, 5.41) is 9.23. The molecule has 0 aromatic heterocycles. The summed E-state index contributed by atoms with van der Waals surface area (Å²) in [4.78, 5) is 0. The van der Waals surface area contributed by atoms with Crippen molar-refractivity contribution < 1.29 is 36.2 Å². The Morgan fingerprint density at radius 1 is 1.00 bits per heavy atom. The SMILES string of the molecule is COC1(C)C=CC(C(c2ccc(O)cc2)(C(F)(F)F)C(F)(F)F)=CC1. The smallest absolute Gasteiger partial charge is 0.411 e. The minimum absolute atomic E-state index is 0.138. The van der Waals surface area contributed by atoms with Crippen LogP contribution in [0, 0.1) is 0 Å². The molecule has 1 unspecified atom stereocenters. The molecule has 2 rings (SSSR count). The van der Waals surface area contributed by atoms with Gasteiger partial charge in [-0.3, -0.25) is 0 Å². The van der Waals surface area contributed by atoms with Crippen LogP contribution in [0.1, 0.15) is 18.9 Å². The van der Waals surface area contributed by atoms with E-state index in [1.54, 1.807) is 6.92 Å². The Hall–Kier alpha value is -1.96. The minimum Gasteiger partial charge on any atom is -0.508 e. The average molecular weight is 366 g/mol. The van der Waals surface area contributed by atoms with Crippen molar-refractivity contribution in [1.82, 2.24) is 0 Å². The van der Waals surface area contributed by atoms with Gasteiger partial charge in [0.05, 0.1) is 5.60 Å². The van der Waals surface area contributed by atoms with E-state index in [4.69, 9.17) is 4.74 Å². The number of ether oxygens (including phenoxy) is 1. The number of rotatable bonds is 3. The molecule has 1 N–H and O–H groups in total. The predicted octanol–water partition coefficient (Wildman–Crippen LogP) is 5.05. The Balaban J connectivity index is 2.74. The molecule has 0 aliphatic heterocycles. The van der Waals surface area contributed by atoms with Crippen LogP contribution in [-0.4, -0.2) is 30.2 Å². The molecule has 2 nitrogen and oxygen atoms in total. The first kappa shape index (κ1) is 19.4. The molecule has 8 heteroatoms. The van der Waals surface area contributed by atoms with Crippen molar-refractivity contribution >= 4 is 0 Å². The third-order valence-electron chi connectivity index (χ3n) is 4.39. The number of phenolic OH excluding ortho intramolecular Hbond substituents is 1. The topological polar surface area (TPSA) is 29.5 Å². The van der Waals surface area contributed by atoms with Crippen molar-refractivity contribution in [3.05, 3.63) is 53.6 Å². The summed E-state index contributed by atoms with van der Waals surface area (Å²) in [7, 11) is 1.32. The van der Waals surface area contributed by atoms with Gasteiger partial charge in [-0.15, -0.1) is 0 Å². The molecule has 0 bridgehead atoms. The van der Waals surface area contributed by atoms with Gasteiger partial charge < -0.3 is 9.84 Å². The highest BCUT2D eigenvalue weighted by Crippen LogP contribution is 2.57. The van der Waals surface area contributed by atoms with Crippen LogP contribution in [0.4, 0.5) is 26.3 Å². The largest absolute Gasteiger partial charge is 0.508 e. The maximum atomic E-state index is 13.8. The summed E-state index contributed by atoms with van der Waals surface area (Å²) >= 11 is 0. The summed E-state index contributed by atoms with van der Waals surface area (Å²) in [6.07, 6.45) is -8.52. The van der Waals surface area contributed by atoms with E-state index < -0.39 is 40.3 Å². The average Bonchev–Trinajstić information content (AvgIpc) is 2.49. The van der Waals surface area contributed by atoms with Gasteiger partial charge in [-0.2, -0.15) is 26.3 Å². The highest BCUT2D eigenvalue weighted by atomic mass is 19.4. The first-order valence-corrected chi connectivity index (χ1v) is 7.25. The molecule has 1 atom stereocenters. The number of halogens is 6. The lowest BCUT2D eigenvalue weighted by Gasteiger charge is -2.41. The quantitative estimate of drug-likeness (QED) is 0.759. The molecule has 1 aliphatic rings. The van der Waals surface area contributed by atoms with E-state index in [0.29, 0.717) is 12.1 Å². The molecule has 25 heavy (non-hydrogen) atoms. The van der Waals surface area contributed by atoms with Gasteiger partial charge in [0.2, 0.25) is 5.41 Å². The van der Waals surface area contributed by atoms with E-state index in [1.807, 2.05) is 0 Å². The molecular weight excluding hydrogens is 350 g/mol. The summed E-state index contributed by atoms with van der Waals surface area (Å²) in [5.74, 6) is -0.429. The fraction of sp³-hybridized carbons (Fsp3) is 0.412. The maximum absolute atomic E-state index is 13.8. The van der Waals surface area contributed by atoms with Gasteiger partial charge in [-0.05, 0) is 36.6 Å². The lowest BCUT2D eigenvalue weighted by atomic mass is 9.70. The normalized spacial score (nSPS) is 22.0. The van der Waals surface area contributed by atoms with E-state index >= 15 is 0 Å². The number of benzene rings is 1. The first-order chi connectivity index (χ1) is 11.4. The molecule has 0 fully saturated rings. The van der Waals surface area contributed by atoms with Crippen LogP contribution < -0.4 is 0 Å². The van der Waals surface area contributed by atoms with Crippen molar-refractivity contribution in [3.8, 4) is 5.75 Å². The lowest BCUT2D eigenvalue weighted by Crippen LogP contribution is -2.55. The summed E-state index contributed by atoms with van der Waals surface area (Å²) in [6, 6.07) is 2.87. The van der Waals surface area contributed by atoms with Crippen LogP contribution in [-0.2, 0) is 10.2 Å². The predicted molar refractivity (Wildman–Crippen MR) is 79.1 cm³/mol. The zero-order chi connectivity index (χ0) is 19.1. The summed E-state index contributed by atoms with van der Waals surface area (Å²) < 4.78 is 88.1. The molecule has 1 aliphatic carbocycles. The van der Waals surface area contributed by atoms with Crippen LogP contribution in [0.15, 0.2) is 48.1 Å². The van der Waals surface area contributed by atoms with Crippen molar-refractivity contribution in [2.24, 2.45) is 0 Å². The number of methoxy groups -OCH3 is 1. The van der Waals surface area contributed by atoms with Crippen molar-refractivity contribution in [2.75, 3.05) is 7.11 Å². The Bertz CT molecular complexity index is 671. The van der Waals surface area contributed by atoms with E-state index in [1.165, 1.54) is 13.2 Å². The highest BCUT2D eigenvalue weighted by molar-refractivity contribution is 5.49. The van der Waals surface area contributed by atoms with Gasteiger partial charge in [-0.1, -0.05) is 30.4 Å². The minimum atomic E-state index is -5.64. The van der Waals surface area contributed by atoms with E-state index in [0.717, 1.165) is 24.3 Å². The molecule has 0 spiro atoms. The number of aromatic hydroxyl groups is 1. The molecule has 0 saturated carbocycles. The summed E-state index contributed by atoms with van der Waals surface area (Å²) in [5.41, 5.74) is -7.10. The van der Waals surface area contributed by atoms with Crippen LogP contribution in [0.2, 0.25) is 0 Å². The standard InChI is InChI=1S/C17H16F6O2/c1-14(25-2)9-7-12(8-10-14)15(16(18,19)20,17(21,22)23)11-3-5-13(24)6-4-11/h3-9,24H,10H2,1-2H3. The van der Waals surface area contributed by atoms with Crippen molar-refractivity contribution in [3.63, 3.8) is 0 Å². The zero-order valence-electron chi connectivity index (χ0n) is 13.4. The third kappa shape index (κ3) is 3.15. The summed E-state index contributed by atoms with van der Waals surface area (Å²) in [6.45, 7) is 1.56. The second kappa shape index (κ2) is 6.09. The second-order valence-corrected chi connectivity index (χ2v) is 6.01. The van der Waals surface area contributed by atoms with Gasteiger partial charge in [0.25, 0.3) is 0 Å². The molecule has 0 amide bonds. The van der Waals surface area contributed by atoms with E-state index in [-0.39, 0.29) is 6.42 Å². The highest BCUT2D eigenvalue weighted by Gasteiger charge is 2.73. The van der Waals surface area contributed by atoms with Crippen molar-refractivity contribution in [1.29, 1.82) is 0 Å². The van der Waals surface area contributed by atoms with Gasteiger partial charge in [0.15, 0.2) is 0 Å². The molecule has 0 saturated heterocycles. The Morgan fingerprint density at radius 3 is 1.88 bits per heavy atom. The van der Waals surface area contributed by atoms with Gasteiger partial charge >= 0.3 is 12.4 Å². The molecule has 1 aromatic carbocycles. The second-order valence-electron chi connectivity index (χ2n) is 6.01. The molecular formula is C17H16F6O2. The van der Waals surface area contributed by atoms with Crippen LogP contribution in [0.5, 0.6) is 5.75 Å². The number of hydrogen-bond acceptors (Lipinski definition) is 2. The Labute approximate surface area is 140 Å². The number of allylic oxidation sites excluding steroid dienone is 2. The maximum Gasteiger partial charge on any atom is 0.411 e. The van der Waals surface area contributed by atoms with Crippen molar-refractivity contribution in [2.45, 2.75) is 36.7 Å². The number of hydrogen-bond donors (Lipinski definition) is 1. The first-order valence-electron chi connectivity index (χ1n) is 7.25. The Morgan fingerprint density at radius 2 is 1.52 bits per heavy atom. The van der Waals surface area contributed by atoms with Gasteiger partial charge in [0.1, 0.15) is 5.75 Å². The molecule has 1 aromatic rings. The van der Waals surface area contributed by atoms with E-state index in [9.17, 15) is 31.4 Å². The number of phenols is 1. The molecule has 138 valence electrons. The van der Waals surface area contributed by atoms with Gasteiger partial charge in [-0.25, -0.2) is 0 Å². The lowest BCUT2D eigenvalue weighted by molar-refractivity contribution is -0.289. The monoisotopic (exact) mass is 366 g/mol. The fourth-order valence-corrected chi connectivity index (χ4v) is 2.84. The number of alkyl halides is 6. The van der Waals surface area contributed by atoms with Crippen LogP contribution in [0.25, 0.3) is 0 Å². The van der Waals surface area contributed by atoms with Crippen LogP contribution in [0.3, 0.4) is 0 Å².